The van der Waals surface area contributed by atoms with E-state index < -0.39 is 28.5 Å². The van der Waals surface area contributed by atoms with Crippen LogP contribution < -0.4 is 9.62 Å². The Balaban J connectivity index is 2.07. The van der Waals surface area contributed by atoms with Crippen molar-refractivity contribution in [1.29, 1.82) is 0 Å². The molecule has 0 aromatic heterocycles. The third-order valence-electron chi connectivity index (χ3n) is 6.39. The average Bonchev–Trinajstić information content (AvgIpc) is 2.92. The van der Waals surface area contributed by atoms with Crippen molar-refractivity contribution in [3.8, 4) is 0 Å². The number of nitrogens with one attached hydrogen (secondary N) is 1. The number of anilines is 1. The molecule has 0 aliphatic rings. The summed E-state index contributed by atoms with van der Waals surface area (Å²) in [7, 11) is -4.13. The monoisotopic (exact) mass is 603 g/mol. The summed E-state index contributed by atoms with van der Waals surface area (Å²) in [6.45, 7) is 7.47. The molecule has 7 nitrogen and oxygen atoms in total. The smallest absolute Gasteiger partial charge is 0.264 e. The third kappa shape index (κ3) is 7.77. The van der Waals surface area contributed by atoms with Crippen molar-refractivity contribution in [1.82, 2.24) is 10.2 Å². The number of amides is 2. The van der Waals surface area contributed by atoms with E-state index in [-0.39, 0.29) is 23.3 Å². The molecule has 0 saturated heterocycles. The van der Waals surface area contributed by atoms with Crippen molar-refractivity contribution in [2.75, 3.05) is 17.4 Å². The van der Waals surface area contributed by atoms with Crippen molar-refractivity contribution < 1.29 is 18.0 Å². The molecule has 0 fully saturated rings. The fourth-order valence-electron chi connectivity index (χ4n) is 4.16. The van der Waals surface area contributed by atoms with E-state index in [1.54, 1.807) is 67.6 Å². The SMILES string of the molecule is CC[C@H](C(=O)NCC(C)C)N(Cc1c(Cl)cccc1Cl)C(=O)CN(c1ccc(C)cc1)S(=O)(=O)c1ccccc1. The predicted molar refractivity (Wildman–Crippen MR) is 161 cm³/mol. The molecule has 2 amide bonds. The number of halogens is 2. The van der Waals surface area contributed by atoms with Gasteiger partial charge in [-0.2, -0.15) is 0 Å². The van der Waals surface area contributed by atoms with Crippen LogP contribution in [0.1, 0.15) is 38.3 Å². The van der Waals surface area contributed by atoms with E-state index in [1.807, 2.05) is 20.8 Å². The maximum Gasteiger partial charge on any atom is 0.264 e. The van der Waals surface area contributed by atoms with Gasteiger partial charge < -0.3 is 10.2 Å². The lowest BCUT2D eigenvalue weighted by Gasteiger charge is -2.33. The maximum atomic E-state index is 14.1. The number of carbonyl (C=O) groups is 2. The summed E-state index contributed by atoms with van der Waals surface area (Å²) in [4.78, 5) is 28.8. The fraction of sp³-hybridized carbons (Fsp3) is 0.333. The second-order valence-electron chi connectivity index (χ2n) is 9.95. The van der Waals surface area contributed by atoms with Crippen LogP contribution >= 0.6 is 23.2 Å². The minimum absolute atomic E-state index is 0.0470. The van der Waals surface area contributed by atoms with E-state index in [1.165, 1.54) is 17.0 Å². The first-order valence-corrected chi connectivity index (χ1v) is 15.3. The zero-order valence-corrected chi connectivity index (χ0v) is 25.4. The Morgan fingerprint density at radius 3 is 2.05 bits per heavy atom. The van der Waals surface area contributed by atoms with Gasteiger partial charge in [0.1, 0.15) is 12.6 Å². The van der Waals surface area contributed by atoms with Gasteiger partial charge in [0, 0.05) is 28.7 Å². The molecule has 0 aliphatic carbocycles. The summed E-state index contributed by atoms with van der Waals surface area (Å²) >= 11 is 12.9. The first-order valence-electron chi connectivity index (χ1n) is 13.1. The molecule has 0 unspecified atom stereocenters. The van der Waals surface area contributed by atoms with E-state index in [0.717, 1.165) is 9.87 Å². The first-order chi connectivity index (χ1) is 18.9. The molecule has 3 rings (SSSR count). The van der Waals surface area contributed by atoms with Crippen LogP contribution in [0.5, 0.6) is 0 Å². The van der Waals surface area contributed by atoms with Gasteiger partial charge in [-0.25, -0.2) is 8.42 Å². The van der Waals surface area contributed by atoms with Gasteiger partial charge in [0.2, 0.25) is 11.8 Å². The highest BCUT2D eigenvalue weighted by molar-refractivity contribution is 7.92. The van der Waals surface area contributed by atoms with E-state index in [4.69, 9.17) is 23.2 Å². The Kier molecular flexibility index (Phi) is 11.0. The number of hydrogen-bond donors (Lipinski definition) is 1. The van der Waals surface area contributed by atoms with Crippen molar-refractivity contribution in [2.24, 2.45) is 5.92 Å². The lowest BCUT2D eigenvalue weighted by Crippen LogP contribution is -2.52. The van der Waals surface area contributed by atoms with Gasteiger partial charge in [-0.1, -0.05) is 85.9 Å². The number of benzene rings is 3. The molecule has 0 spiro atoms. The number of sulfonamides is 1. The van der Waals surface area contributed by atoms with E-state index >= 15 is 0 Å². The molecule has 3 aromatic carbocycles. The molecule has 40 heavy (non-hydrogen) atoms. The second kappa shape index (κ2) is 14.0. The Bertz CT molecular complexity index is 1390. The summed E-state index contributed by atoms with van der Waals surface area (Å²) in [6.07, 6.45) is 0.299. The summed E-state index contributed by atoms with van der Waals surface area (Å²) in [5, 5.41) is 3.59. The van der Waals surface area contributed by atoms with Crippen LogP contribution in [0, 0.1) is 12.8 Å². The van der Waals surface area contributed by atoms with Crippen LogP contribution in [0.3, 0.4) is 0 Å². The fourth-order valence-corrected chi connectivity index (χ4v) is 6.11. The van der Waals surface area contributed by atoms with Crippen molar-refractivity contribution >= 4 is 50.7 Å². The van der Waals surface area contributed by atoms with Crippen LogP contribution in [0.15, 0.2) is 77.7 Å². The standard InChI is InChI=1S/C30H35Cl2N3O4S/c1-5-28(30(37)33-18-21(2)3)34(19-25-26(31)12-9-13-27(25)32)29(36)20-35(23-16-14-22(4)15-17-23)40(38,39)24-10-7-6-8-11-24/h6-17,21,28H,5,18-20H2,1-4H3,(H,33,37)/t28-/m1/s1. The van der Waals surface area contributed by atoms with E-state index in [9.17, 15) is 18.0 Å². The average molecular weight is 605 g/mol. The topological polar surface area (TPSA) is 86.8 Å². The van der Waals surface area contributed by atoms with E-state index in [0.29, 0.717) is 34.3 Å². The Morgan fingerprint density at radius 2 is 1.50 bits per heavy atom. The minimum Gasteiger partial charge on any atom is -0.354 e. The normalized spacial score (nSPS) is 12.2. The Hall–Kier alpha value is -3.07. The highest BCUT2D eigenvalue weighted by Crippen LogP contribution is 2.29. The molecule has 0 heterocycles. The zero-order chi connectivity index (χ0) is 29.4. The molecular weight excluding hydrogens is 569 g/mol. The largest absolute Gasteiger partial charge is 0.354 e. The molecule has 0 radical (unpaired) electrons. The van der Waals surface area contributed by atoms with Gasteiger partial charge in [0.25, 0.3) is 10.0 Å². The zero-order valence-electron chi connectivity index (χ0n) is 23.1. The quantitative estimate of drug-likeness (QED) is 0.272. The van der Waals surface area contributed by atoms with Gasteiger partial charge in [-0.05, 0) is 55.7 Å². The third-order valence-corrected chi connectivity index (χ3v) is 8.89. The van der Waals surface area contributed by atoms with Gasteiger partial charge in [-0.3, -0.25) is 13.9 Å². The van der Waals surface area contributed by atoms with Crippen molar-refractivity contribution in [2.45, 2.75) is 51.6 Å². The van der Waals surface area contributed by atoms with Crippen LogP contribution in [0.2, 0.25) is 10.0 Å². The Morgan fingerprint density at radius 1 is 0.900 bits per heavy atom. The van der Waals surface area contributed by atoms with Crippen molar-refractivity contribution in [3.05, 3.63) is 94.0 Å². The lowest BCUT2D eigenvalue weighted by molar-refractivity contribution is -0.140. The summed E-state index contributed by atoms with van der Waals surface area (Å²) < 4.78 is 28.7. The molecule has 1 atom stereocenters. The van der Waals surface area contributed by atoms with Crippen LogP contribution in [-0.4, -0.2) is 44.3 Å². The van der Waals surface area contributed by atoms with Gasteiger partial charge in [-0.15, -0.1) is 0 Å². The molecule has 0 bridgehead atoms. The number of aryl methyl sites for hydroxylation is 1. The lowest BCUT2D eigenvalue weighted by atomic mass is 10.1. The minimum atomic E-state index is -4.13. The van der Waals surface area contributed by atoms with Crippen LogP contribution in [0.4, 0.5) is 5.69 Å². The van der Waals surface area contributed by atoms with Crippen LogP contribution in [-0.2, 0) is 26.2 Å². The highest BCUT2D eigenvalue weighted by atomic mass is 35.5. The molecule has 10 heteroatoms. The number of nitrogens with zero attached hydrogens (tertiary/aromatic N) is 2. The van der Waals surface area contributed by atoms with Crippen molar-refractivity contribution in [3.63, 3.8) is 0 Å². The van der Waals surface area contributed by atoms with Crippen LogP contribution in [0.25, 0.3) is 0 Å². The molecule has 1 N–H and O–H groups in total. The molecule has 3 aromatic rings. The second-order valence-corrected chi connectivity index (χ2v) is 12.6. The Labute approximate surface area is 247 Å². The van der Waals surface area contributed by atoms with E-state index in [2.05, 4.69) is 5.32 Å². The molecule has 0 saturated carbocycles. The van der Waals surface area contributed by atoms with Gasteiger partial charge in [0.05, 0.1) is 10.6 Å². The number of rotatable bonds is 12. The highest BCUT2D eigenvalue weighted by Gasteiger charge is 2.34. The number of carbonyl (C=O) groups excluding carboxylic acids is 2. The van der Waals surface area contributed by atoms with Gasteiger partial charge in [0.15, 0.2) is 0 Å². The maximum absolute atomic E-state index is 14.1. The summed E-state index contributed by atoms with van der Waals surface area (Å²) in [5.41, 5.74) is 1.74. The molecule has 214 valence electrons. The predicted octanol–water partition coefficient (Wildman–Crippen LogP) is 6.08. The summed E-state index contributed by atoms with van der Waals surface area (Å²) in [6, 6.07) is 18.9. The first kappa shape index (κ1) is 31.5. The van der Waals surface area contributed by atoms with Gasteiger partial charge >= 0.3 is 0 Å². The molecule has 0 aliphatic heterocycles. The molecular formula is C30H35Cl2N3O4S. The summed E-state index contributed by atoms with van der Waals surface area (Å²) in [5.74, 6) is -0.695. The number of hydrogen-bond acceptors (Lipinski definition) is 4.